The van der Waals surface area contributed by atoms with Gasteiger partial charge in [-0.3, -0.25) is 4.18 Å². The minimum absolute atomic E-state index is 0.283. The predicted molar refractivity (Wildman–Crippen MR) is 97.3 cm³/mol. The van der Waals surface area contributed by atoms with E-state index in [0.717, 1.165) is 10.5 Å². The Bertz CT molecular complexity index is 626. The van der Waals surface area contributed by atoms with Gasteiger partial charge in [0.05, 0.1) is 31.3 Å². The van der Waals surface area contributed by atoms with E-state index in [9.17, 15) is 4.21 Å². The SMILES string of the molecule is Cc1ccc(SOCCOCCOS(=O)c2ccc(C)cc2)cc1. The van der Waals surface area contributed by atoms with Crippen molar-refractivity contribution in [2.75, 3.05) is 26.4 Å². The van der Waals surface area contributed by atoms with Gasteiger partial charge in [0.1, 0.15) is 0 Å². The number of aryl methyl sites for hydroxylation is 2. The highest BCUT2D eigenvalue weighted by molar-refractivity contribution is 7.94. The molecule has 1 atom stereocenters. The Hall–Kier alpha value is -1.18. The van der Waals surface area contributed by atoms with Gasteiger partial charge in [-0.05, 0) is 38.1 Å². The maximum atomic E-state index is 11.9. The van der Waals surface area contributed by atoms with Crippen molar-refractivity contribution >= 4 is 23.1 Å². The van der Waals surface area contributed by atoms with Crippen LogP contribution >= 0.6 is 12.0 Å². The summed E-state index contributed by atoms with van der Waals surface area (Å²) in [5.41, 5.74) is 2.35. The van der Waals surface area contributed by atoms with E-state index in [2.05, 4.69) is 6.92 Å². The van der Waals surface area contributed by atoms with Crippen LogP contribution in [0.4, 0.5) is 0 Å². The first-order valence-corrected chi connectivity index (χ1v) is 9.52. The van der Waals surface area contributed by atoms with Crippen LogP contribution in [0.25, 0.3) is 0 Å². The molecule has 2 aromatic carbocycles. The molecule has 6 heteroatoms. The summed E-state index contributed by atoms with van der Waals surface area (Å²) in [4.78, 5) is 1.73. The van der Waals surface area contributed by atoms with Gasteiger partial charge in [0.25, 0.3) is 0 Å². The van der Waals surface area contributed by atoms with Crippen molar-refractivity contribution in [3.8, 4) is 0 Å². The number of rotatable bonds is 10. The number of hydrogen-bond acceptors (Lipinski definition) is 5. The molecule has 24 heavy (non-hydrogen) atoms. The van der Waals surface area contributed by atoms with Crippen LogP contribution in [0.3, 0.4) is 0 Å². The smallest absolute Gasteiger partial charge is 0.189 e. The average molecular weight is 367 g/mol. The second-order valence-electron chi connectivity index (χ2n) is 5.20. The summed E-state index contributed by atoms with van der Waals surface area (Å²) in [6, 6.07) is 15.6. The van der Waals surface area contributed by atoms with E-state index in [4.69, 9.17) is 13.1 Å². The largest absolute Gasteiger partial charge is 0.377 e. The highest BCUT2D eigenvalue weighted by atomic mass is 32.2. The molecule has 0 aromatic heterocycles. The van der Waals surface area contributed by atoms with Crippen LogP contribution in [0, 0.1) is 13.8 Å². The minimum atomic E-state index is -1.44. The molecule has 0 fully saturated rings. The fourth-order valence-corrected chi connectivity index (χ4v) is 3.03. The first kappa shape index (κ1) is 19.1. The van der Waals surface area contributed by atoms with Crippen molar-refractivity contribution < 1.29 is 17.3 Å². The Labute approximate surface area is 150 Å². The van der Waals surface area contributed by atoms with Crippen LogP contribution in [0.2, 0.25) is 0 Å². The number of benzene rings is 2. The monoisotopic (exact) mass is 366 g/mol. The van der Waals surface area contributed by atoms with Gasteiger partial charge in [-0.25, -0.2) is 4.21 Å². The van der Waals surface area contributed by atoms with Gasteiger partial charge in [0.15, 0.2) is 11.1 Å². The van der Waals surface area contributed by atoms with Crippen LogP contribution in [-0.2, 0) is 24.2 Å². The van der Waals surface area contributed by atoms with Crippen molar-refractivity contribution in [2.24, 2.45) is 0 Å². The Kier molecular flexibility index (Phi) is 8.49. The third kappa shape index (κ3) is 7.15. The molecule has 0 saturated carbocycles. The molecule has 0 aliphatic carbocycles. The molecule has 0 saturated heterocycles. The van der Waals surface area contributed by atoms with Crippen molar-refractivity contribution in [1.29, 1.82) is 0 Å². The van der Waals surface area contributed by atoms with E-state index in [-0.39, 0.29) is 6.61 Å². The van der Waals surface area contributed by atoms with E-state index in [1.165, 1.54) is 17.6 Å². The molecule has 130 valence electrons. The molecule has 2 rings (SSSR count). The molecule has 0 spiro atoms. The highest BCUT2D eigenvalue weighted by Crippen LogP contribution is 2.18. The van der Waals surface area contributed by atoms with Gasteiger partial charge >= 0.3 is 0 Å². The lowest BCUT2D eigenvalue weighted by Gasteiger charge is -2.06. The first-order valence-electron chi connectivity index (χ1n) is 7.71. The van der Waals surface area contributed by atoms with Gasteiger partial charge in [-0.1, -0.05) is 35.4 Å². The zero-order valence-electron chi connectivity index (χ0n) is 13.9. The van der Waals surface area contributed by atoms with Crippen molar-refractivity contribution in [2.45, 2.75) is 23.6 Å². The molecule has 0 heterocycles. The van der Waals surface area contributed by atoms with E-state index in [1.54, 1.807) is 0 Å². The van der Waals surface area contributed by atoms with Crippen LogP contribution in [0.15, 0.2) is 58.3 Å². The van der Waals surface area contributed by atoms with Crippen molar-refractivity contribution in [3.63, 3.8) is 0 Å². The molecule has 0 bridgehead atoms. The Morgan fingerprint density at radius 3 is 2.08 bits per heavy atom. The average Bonchev–Trinajstić information content (AvgIpc) is 2.59. The second kappa shape index (κ2) is 10.6. The zero-order chi connectivity index (χ0) is 17.2. The molecule has 0 N–H and O–H groups in total. The summed E-state index contributed by atoms with van der Waals surface area (Å²) in [7, 11) is 0. The molecule has 0 aliphatic rings. The fourth-order valence-electron chi connectivity index (χ4n) is 1.78. The summed E-state index contributed by atoms with van der Waals surface area (Å²) in [5, 5.41) is 0. The van der Waals surface area contributed by atoms with Crippen LogP contribution in [0.1, 0.15) is 11.1 Å². The van der Waals surface area contributed by atoms with E-state index in [0.29, 0.717) is 24.7 Å². The lowest BCUT2D eigenvalue weighted by Crippen LogP contribution is -2.09. The summed E-state index contributed by atoms with van der Waals surface area (Å²) in [6.45, 7) is 5.67. The standard InChI is InChI=1S/C18H22O4S2/c1-15-3-7-17(8-4-15)23-21-13-11-20-12-14-22-24(19)18-9-5-16(2)6-10-18/h3-10H,11-14H2,1-2H3. The van der Waals surface area contributed by atoms with E-state index in [1.807, 2.05) is 55.5 Å². The molecule has 0 amide bonds. The third-order valence-electron chi connectivity index (χ3n) is 3.12. The van der Waals surface area contributed by atoms with Crippen LogP contribution < -0.4 is 0 Å². The van der Waals surface area contributed by atoms with Gasteiger partial charge < -0.3 is 8.92 Å². The first-order chi connectivity index (χ1) is 11.6. The molecule has 0 aliphatic heterocycles. The van der Waals surface area contributed by atoms with E-state index >= 15 is 0 Å². The molecule has 1 unspecified atom stereocenters. The summed E-state index contributed by atoms with van der Waals surface area (Å²) in [5.74, 6) is 0. The molecular weight excluding hydrogens is 344 g/mol. The number of ether oxygens (including phenoxy) is 1. The highest BCUT2D eigenvalue weighted by Gasteiger charge is 2.03. The quantitative estimate of drug-likeness (QED) is 0.468. The zero-order valence-corrected chi connectivity index (χ0v) is 15.5. The molecule has 0 radical (unpaired) electrons. The van der Waals surface area contributed by atoms with Gasteiger partial charge in [0, 0.05) is 16.9 Å². The topological polar surface area (TPSA) is 44.8 Å². The Morgan fingerprint density at radius 1 is 0.833 bits per heavy atom. The van der Waals surface area contributed by atoms with Gasteiger partial charge in [0.2, 0.25) is 0 Å². The Balaban J connectivity index is 1.50. The summed E-state index contributed by atoms with van der Waals surface area (Å²) < 4.78 is 28.0. The molecular formula is C18H22O4S2. The predicted octanol–water partition coefficient (Wildman–Crippen LogP) is 4.08. The lowest BCUT2D eigenvalue weighted by atomic mass is 10.2. The maximum absolute atomic E-state index is 11.9. The van der Waals surface area contributed by atoms with Gasteiger partial charge in [-0.15, -0.1) is 0 Å². The summed E-state index contributed by atoms with van der Waals surface area (Å²) in [6.07, 6.45) is 0. The maximum Gasteiger partial charge on any atom is 0.189 e. The molecule has 4 nitrogen and oxygen atoms in total. The van der Waals surface area contributed by atoms with Crippen molar-refractivity contribution in [1.82, 2.24) is 0 Å². The van der Waals surface area contributed by atoms with Crippen molar-refractivity contribution in [3.05, 3.63) is 59.7 Å². The Morgan fingerprint density at radius 2 is 1.42 bits per heavy atom. The fraction of sp³-hybridized carbons (Fsp3) is 0.333. The number of hydrogen-bond donors (Lipinski definition) is 0. The van der Waals surface area contributed by atoms with Crippen LogP contribution in [0.5, 0.6) is 0 Å². The molecule has 2 aromatic rings. The van der Waals surface area contributed by atoms with Crippen LogP contribution in [-0.4, -0.2) is 30.6 Å². The third-order valence-corrected chi connectivity index (χ3v) is 4.91. The second-order valence-corrected chi connectivity index (χ2v) is 7.25. The minimum Gasteiger partial charge on any atom is -0.377 e. The van der Waals surface area contributed by atoms with Gasteiger partial charge in [-0.2, -0.15) is 0 Å². The lowest BCUT2D eigenvalue weighted by molar-refractivity contribution is 0.0845. The normalized spacial score (nSPS) is 12.2. The van der Waals surface area contributed by atoms with E-state index < -0.39 is 11.1 Å². The summed E-state index contributed by atoms with van der Waals surface area (Å²) >= 11 is -0.106.